The average molecular weight is 357 g/mol. The van der Waals surface area contributed by atoms with Crippen molar-refractivity contribution in [3.05, 3.63) is 50.3 Å². The fourth-order valence-corrected chi connectivity index (χ4v) is 6.30. The third-order valence-electron chi connectivity index (χ3n) is 2.81. The zero-order valence-electron chi connectivity index (χ0n) is 10.1. The molecule has 0 saturated heterocycles. The van der Waals surface area contributed by atoms with Gasteiger partial charge in [0.2, 0.25) is 0 Å². The zero-order valence-corrected chi connectivity index (χ0v) is 13.5. The van der Waals surface area contributed by atoms with Gasteiger partial charge < -0.3 is 0 Å². The van der Waals surface area contributed by atoms with E-state index in [0.717, 1.165) is 0 Å². The number of benzene rings is 1. The molecule has 2 rings (SSSR count). The molecule has 0 fully saturated rings. The van der Waals surface area contributed by atoms with Crippen LogP contribution < -0.4 is 5.73 Å². The summed E-state index contributed by atoms with van der Waals surface area (Å²) in [6, 6.07) is 8.76. The Labute approximate surface area is 116 Å². The van der Waals surface area contributed by atoms with Crippen LogP contribution in [0.25, 0.3) is 4.47 Å². The van der Waals surface area contributed by atoms with Gasteiger partial charge in [0, 0.05) is 0 Å². The van der Waals surface area contributed by atoms with Crippen LogP contribution in [0.2, 0.25) is 0 Å². The third-order valence-corrected chi connectivity index (χ3v) is 7.65. The van der Waals surface area contributed by atoms with E-state index < -0.39 is 0 Å². The van der Waals surface area contributed by atoms with Crippen molar-refractivity contribution in [3.63, 3.8) is 0 Å². The van der Waals surface area contributed by atoms with Gasteiger partial charge in [0.15, 0.2) is 0 Å². The molecule has 1 unspecified atom stereocenters. The van der Waals surface area contributed by atoms with E-state index in [-0.39, 0.29) is 6.04 Å². The maximum atomic E-state index is 6.31. The number of rotatable bonds is 3. The summed E-state index contributed by atoms with van der Waals surface area (Å²) in [7, 11) is 0. The molecule has 1 atom stereocenters. The van der Waals surface area contributed by atoms with Crippen LogP contribution in [0.15, 0.2) is 39.2 Å². The van der Waals surface area contributed by atoms with Crippen molar-refractivity contribution in [3.8, 4) is 0 Å². The first-order valence-electron chi connectivity index (χ1n) is 5.72. The Balaban J connectivity index is 2.37. The van der Waals surface area contributed by atoms with E-state index in [1.807, 2.05) is 0 Å². The van der Waals surface area contributed by atoms with Gasteiger partial charge in [-0.1, -0.05) is 0 Å². The molecule has 1 aromatic carbocycles. The van der Waals surface area contributed by atoms with Crippen LogP contribution in [0.3, 0.4) is 0 Å². The van der Waals surface area contributed by atoms with Crippen LogP contribution in [0, 0.1) is 5.92 Å². The SMILES string of the molecule is CC(C)C(N)c1ccccc1C1=C[Se]C=C[Se]1. The summed E-state index contributed by atoms with van der Waals surface area (Å²) < 4.78 is 1.51. The van der Waals surface area contributed by atoms with Crippen LogP contribution in [0.1, 0.15) is 31.0 Å². The molecule has 1 aliphatic rings. The van der Waals surface area contributed by atoms with E-state index >= 15 is 0 Å². The molecule has 0 radical (unpaired) electrons. The van der Waals surface area contributed by atoms with Crippen molar-refractivity contribution in [2.75, 3.05) is 0 Å². The van der Waals surface area contributed by atoms with Gasteiger partial charge in [0.05, 0.1) is 0 Å². The summed E-state index contributed by atoms with van der Waals surface area (Å²) in [5.74, 6) is 0.480. The number of hydrogen-bond acceptors (Lipinski definition) is 1. The molecule has 1 aliphatic heterocycles. The van der Waals surface area contributed by atoms with Crippen molar-refractivity contribution < 1.29 is 0 Å². The van der Waals surface area contributed by atoms with Gasteiger partial charge in [-0.25, -0.2) is 0 Å². The molecule has 1 aromatic rings. The van der Waals surface area contributed by atoms with Gasteiger partial charge in [-0.15, -0.1) is 0 Å². The second-order valence-corrected chi connectivity index (χ2v) is 7.99. The number of hydrogen-bond donors (Lipinski definition) is 1. The third kappa shape index (κ3) is 3.13. The van der Waals surface area contributed by atoms with Gasteiger partial charge in [0.1, 0.15) is 0 Å². The minimum absolute atomic E-state index is 0.140. The van der Waals surface area contributed by atoms with Crippen molar-refractivity contribution in [2.24, 2.45) is 11.7 Å². The first-order valence-corrected chi connectivity index (χ1v) is 9.54. The van der Waals surface area contributed by atoms with Crippen LogP contribution in [-0.2, 0) is 0 Å². The normalized spacial score (nSPS) is 17.1. The number of nitrogens with two attached hydrogens (primary N) is 1. The molecular weight excluding hydrogens is 340 g/mol. The molecule has 0 aliphatic carbocycles. The van der Waals surface area contributed by atoms with Crippen LogP contribution in [0.4, 0.5) is 0 Å². The molecule has 90 valence electrons. The Hall–Kier alpha value is -0.301. The van der Waals surface area contributed by atoms with Crippen LogP contribution in [-0.4, -0.2) is 29.9 Å². The molecule has 0 bridgehead atoms. The Morgan fingerprint density at radius 3 is 2.53 bits per heavy atom. The zero-order chi connectivity index (χ0) is 12.3. The summed E-state index contributed by atoms with van der Waals surface area (Å²) in [6.45, 7) is 4.37. The predicted molar refractivity (Wildman–Crippen MR) is 76.8 cm³/mol. The monoisotopic (exact) mass is 359 g/mol. The fourth-order valence-electron chi connectivity index (χ4n) is 1.76. The second kappa shape index (κ2) is 6.04. The Bertz CT molecular complexity index is 449. The predicted octanol–water partition coefficient (Wildman–Crippen LogP) is 2.53. The summed E-state index contributed by atoms with van der Waals surface area (Å²) in [5.41, 5.74) is 8.99. The molecule has 1 heterocycles. The van der Waals surface area contributed by atoms with E-state index in [9.17, 15) is 0 Å². The van der Waals surface area contributed by atoms with Crippen LogP contribution in [0.5, 0.6) is 0 Å². The standard InChI is InChI=1S/C14H17NSe2/c1-10(2)14(15)12-6-4-3-5-11(12)13-9-16-7-8-17-13/h3-10,14H,15H2,1-2H3. The minimum atomic E-state index is 0.140. The molecule has 3 heteroatoms. The van der Waals surface area contributed by atoms with Crippen molar-refractivity contribution in [2.45, 2.75) is 19.9 Å². The Morgan fingerprint density at radius 2 is 1.88 bits per heavy atom. The van der Waals surface area contributed by atoms with E-state index in [1.165, 1.54) is 15.6 Å². The van der Waals surface area contributed by atoms with Gasteiger partial charge in [0.25, 0.3) is 0 Å². The molecule has 0 amide bonds. The Kier molecular flexibility index (Phi) is 4.67. The van der Waals surface area contributed by atoms with Crippen molar-refractivity contribution in [1.82, 2.24) is 0 Å². The fraction of sp³-hybridized carbons (Fsp3) is 0.286. The molecule has 0 aromatic heterocycles. The van der Waals surface area contributed by atoms with Gasteiger partial charge >= 0.3 is 116 Å². The van der Waals surface area contributed by atoms with Gasteiger partial charge in [-0.3, -0.25) is 0 Å². The Morgan fingerprint density at radius 1 is 1.12 bits per heavy atom. The van der Waals surface area contributed by atoms with Crippen molar-refractivity contribution >= 4 is 34.4 Å². The van der Waals surface area contributed by atoms with Gasteiger partial charge in [-0.2, -0.15) is 0 Å². The second-order valence-electron chi connectivity index (χ2n) is 4.37. The first-order chi connectivity index (χ1) is 8.20. The van der Waals surface area contributed by atoms with E-state index in [1.54, 1.807) is 0 Å². The molecule has 0 spiro atoms. The summed E-state index contributed by atoms with van der Waals surface area (Å²) in [4.78, 5) is 7.04. The summed E-state index contributed by atoms with van der Waals surface area (Å²) >= 11 is 1.01. The first kappa shape index (κ1) is 13.1. The summed E-state index contributed by atoms with van der Waals surface area (Å²) in [6.07, 6.45) is 0. The van der Waals surface area contributed by atoms with Gasteiger partial charge in [-0.05, 0) is 0 Å². The van der Waals surface area contributed by atoms with Crippen molar-refractivity contribution in [1.29, 1.82) is 0 Å². The maximum absolute atomic E-state index is 6.31. The van der Waals surface area contributed by atoms with E-state index in [2.05, 4.69) is 53.0 Å². The van der Waals surface area contributed by atoms with Crippen LogP contribution >= 0.6 is 0 Å². The molecule has 2 N–H and O–H groups in total. The molecule has 17 heavy (non-hydrogen) atoms. The molecular formula is C14H17NSe2. The average Bonchev–Trinajstić information content (AvgIpc) is 2.39. The molecule has 0 saturated carbocycles. The summed E-state index contributed by atoms with van der Waals surface area (Å²) in [5, 5.41) is 0. The van der Waals surface area contributed by atoms with E-state index in [0.29, 0.717) is 35.8 Å². The quantitative estimate of drug-likeness (QED) is 0.827. The topological polar surface area (TPSA) is 26.0 Å². The molecule has 1 nitrogen and oxygen atoms in total. The van der Waals surface area contributed by atoms with E-state index in [4.69, 9.17) is 5.73 Å².